The maximum absolute atomic E-state index is 11.0. The standard InChI is InChI=1S/C12H13N3O4/c16-14(17)11-3-9-7-1-2-8(6-13-5-7)10(9)4-12(11)15(18)19/h3-4,7-8,13H,1-2,5-6H2. The van der Waals surface area contributed by atoms with Crippen LogP contribution in [0.3, 0.4) is 0 Å². The van der Waals surface area contributed by atoms with Crippen LogP contribution in [0.25, 0.3) is 0 Å². The maximum Gasteiger partial charge on any atom is 0.346 e. The molecule has 0 radical (unpaired) electrons. The van der Waals surface area contributed by atoms with Crippen molar-refractivity contribution in [3.05, 3.63) is 43.5 Å². The van der Waals surface area contributed by atoms with Crippen LogP contribution in [0.4, 0.5) is 11.4 Å². The fourth-order valence-electron chi connectivity index (χ4n) is 3.18. The first-order chi connectivity index (χ1) is 9.08. The Morgan fingerprint density at radius 2 is 1.37 bits per heavy atom. The number of hydrogen-bond donors (Lipinski definition) is 1. The average molecular weight is 263 g/mol. The monoisotopic (exact) mass is 263 g/mol. The third kappa shape index (κ3) is 1.86. The maximum atomic E-state index is 11.0. The van der Waals surface area contributed by atoms with Gasteiger partial charge in [-0.1, -0.05) is 0 Å². The van der Waals surface area contributed by atoms with E-state index in [0.29, 0.717) is 0 Å². The smallest absolute Gasteiger partial charge is 0.316 e. The van der Waals surface area contributed by atoms with Crippen LogP contribution in [-0.2, 0) is 0 Å². The number of nitrogens with one attached hydrogen (secondary N) is 1. The molecule has 1 N–H and O–H groups in total. The molecule has 0 aromatic heterocycles. The lowest BCUT2D eigenvalue weighted by Crippen LogP contribution is -2.18. The van der Waals surface area contributed by atoms with E-state index in [1.165, 1.54) is 12.1 Å². The molecule has 1 saturated heterocycles. The highest BCUT2D eigenvalue weighted by atomic mass is 16.6. The molecule has 7 nitrogen and oxygen atoms in total. The van der Waals surface area contributed by atoms with Gasteiger partial charge in [0, 0.05) is 25.2 Å². The number of nitro benzene ring substituents is 2. The van der Waals surface area contributed by atoms with Crippen molar-refractivity contribution in [2.75, 3.05) is 13.1 Å². The van der Waals surface area contributed by atoms with Gasteiger partial charge in [-0.3, -0.25) is 20.2 Å². The second-order valence-corrected chi connectivity index (χ2v) is 5.11. The highest BCUT2D eigenvalue weighted by Gasteiger charge is 2.36. The van der Waals surface area contributed by atoms with E-state index in [1.807, 2.05) is 0 Å². The lowest BCUT2D eigenvalue weighted by Gasteiger charge is -2.25. The summed E-state index contributed by atoms with van der Waals surface area (Å²) in [5.74, 6) is 0.460. The minimum absolute atomic E-state index is 0.230. The van der Waals surface area contributed by atoms with Gasteiger partial charge in [0.15, 0.2) is 0 Å². The molecule has 2 bridgehead atoms. The fourth-order valence-corrected chi connectivity index (χ4v) is 3.18. The Morgan fingerprint density at radius 3 is 1.74 bits per heavy atom. The number of fused-ring (bicyclic) bond motifs is 3. The number of rotatable bonds is 2. The summed E-state index contributed by atoms with van der Waals surface area (Å²) in [5.41, 5.74) is 1.05. The van der Waals surface area contributed by atoms with Crippen molar-refractivity contribution >= 4 is 11.4 Å². The van der Waals surface area contributed by atoms with Crippen molar-refractivity contribution in [2.24, 2.45) is 0 Å². The molecule has 1 fully saturated rings. The Kier molecular flexibility index (Phi) is 2.70. The molecule has 3 aliphatic rings. The van der Waals surface area contributed by atoms with E-state index in [4.69, 9.17) is 0 Å². The van der Waals surface area contributed by atoms with Gasteiger partial charge in [0.2, 0.25) is 0 Å². The number of nitro groups is 2. The predicted octanol–water partition coefficient (Wildman–Crippen LogP) is 2.07. The summed E-state index contributed by atoms with van der Waals surface area (Å²) in [4.78, 5) is 20.7. The first-order valence-electron chi connectivity index (χ1n) is 6.25. The lowest BCUT2D eigenvalue weighted by atomic mass is 9.78. The van der Waals surface area contributed by atoms with Crippen LogP contribution in [0.1, 0.15) is 35.8 Å². The summed E-state index contributed by atoms with van der Waals surface area (Å²) < 4.78 is 0. The molecule has 4 rings (SSSR count). The van der Waals surface area contributed by atoms with Crippen LogP contribution < -0.4 is 5.32 Å². The van der Waals surface area contributed by atoms with E-state index in [2.05, 4.69) is 5.32 Å². The van der Waals surface area contributed by atoms with Gasteiger partial charge in [0.25, 0.3) is 0 Å². The van der Waals surface area contributed by atoms with Crippen LogP contribution in [0.2, 0.25) is 0 Å². The van der Waals surface area contributed by atoms with Gasteiger partial charge >= 0.3 is 11.4 Å². The number of hydrogen-bond acceptors (Lipinski definition) is 5. The number of benzene rings is 1. The van der Waals surface area contributed by atoms with Crippen LogP contribution in [0, 0.1) is 20.2 Å². The zero-order chi connectivity index (χ0) is 13.6. The van der Waals surface area contributed by atoms with E-state index >= 15 is 0 Å². The van der Waals surface area contributed by atoms with Crippen LogP contribution >= 0.6 is 0 Å². The fraction of sp³-hybridized carbons (Fsp3) is 0.500. The van der Waals surface area contributed by atoms with Crippen molar-refractivity contribution in [1.29, 1.82) is 0 Å². The molecule has 1 aliphatic carbocycles. The molecule has 2 heterocycles. The highest BCUT2D eigenvalue weighted by Crippen LogP contribution is 2.44. The minimum atomic E-state index is -0.662. The summed E-state index contributed by atoms with van der Waals surface area (Å²) in [6, 6.07) is 2.83. The van der Waals surface area contributed by atoms with Crippen LogP contribution in [-0.4, -0.2) is 22.9 Å². The molecule has 0 amide bonds. The number of nitrogens with zero attached hydrogens (tertiary/aromatic N) is 2. The Balaban J connectivity index is 2.22. The average Bonchev–Trinajstić information content (AvgIpc) is 2.71. The molecule has 2 aliphatic heterocycles. The summed E-state index contributed by atoms with van der Waals surface area (Å²) in [5, 5.41) is 25.3. The Hall–Kier alpha value is -2.02. The van der Waals surface area contributed by atoms with Crippen molar-refractivity contribution in [3.63, 3.8) is 0 Å². The molecule has 0 saturated carbocycles. The molecule has 2 unspecified atom stereocenters. The molecule has 1 aromatic carbocycles. The van der Waals surface area contributed by atoms with Gasteiger partial charge in [0.05, 0.1) is 9.85 Å². The van der Waals surface area contributed by atoms with E-state index < -0.39 is 21.2 Å². The molecule has 100 valence electrons. The Morgan fingerprint density at radius 1 is 0.947 bits per heavy atom. The molecular weight excluding hydrogens is 250 g/mol. The zero-order valence-electron chi connectivity index (χ0n) is 10.2. The quantitative estimate of drug-likeness (QED) is 0.650. The topological polar surface area (TPSA) is 98.3 Å². The van der Waals surface area contributed by atoms with Gasteiger partial charge in [-0.05, 0) is 35.8 Å². The van der Waals surface area contributed by atoms with E-state index in [1.54, 1.807) is 0 Å². The second kappa shape index (κ2) is 4.27. The first-order valence-corrected chi connectivity index (χ1v) is 6.25. The van der Waals surface area contributed by atoms with Crippen LogP contribution in [0.5, 0.6) is 0 Å². The second-order valence-electron chi connectivity index (χ2n) is 5.11. The lowest BCUT2D eigenvalue weighted by molar-refractivity contribution is -0.422. The first kappa shape index (κ1) is 12.0. The normalized spacial score (nSPS) is 24.6. The zero-order valence-corrected chi connectivity index (χ0v) is 10.2. The van der Waals surface area contributed by atoms with Crippen molar-refractivity contribution in [2.45, 2.75) is 24.7 Å². The molecule has 1 aromatic rings. The Labute approximate surface area is 108 Å². The van der Waals surface area contributed by atoms with E-state index in [9.17, 15) is 20.2 Å². The molecular formula is C12H13N3O4. The predicted molar refractivity (Wildman–Crippen MR) is 67.3 cm³/mol. The van der Waals surface area contributed by atoms with Crippen molar-refractivity contribution in [3.8, 4) is 0 Å². The SMILES string of the molecule is O=[N+]([O-])c1cc2c(cc1[N+](=O)[O-])C1CCC2CNC1. The van der Waals surface area contributed by atoms with Gasteiger partial charge in [0.1, 0.15) is 0 Å². The summed E-state index contributed by atoms with van der Waals surface area (Å²) in [6.45, 7) is 1.58. The third-order valence-electron chi connectivity index (χ3n) is 4.10. The third-order valence-corrected chi connectivity index (χ3v) is 4.10. The summed E-state index contributed by atoms with van der Waals surface area (Å²) >= 11 is 0. The van der Waals surface area contributed by atoms with Crippen LogP contribution in [0.15, 0.2) is 12.1 Å². The van der Waals surface area contributed by atoms with Gasteiger partial charge in [-0.2, -0.15) is 0 Å². The minimum Gasteiger partial charge on any atom is -0.316 e. The highest BCUT2D eigenvalue weighted by molar-refractivity contribution is 5.59. The van der Waals surface area contributed by atoms with Gasteiger partial charge in [-0.25, -0.2) is 0 Å². The van der Waals surface area contributed by atoms with E-state index in [-0.39, 0.29) is 11.8 Å². The summed E-state index contributed by atoms with van der Waals surface area (Å²) in [7, 11) is 0. The molecule has 0 spiro atoms. The van der Waals surface area contributed by atoms with Gasteiger partial charge in [-0.15, -0.1) is 0 Å². The molecule has 19 heavy (non-hydrogen) atoms. The molecule has 2 atom stereocenters. The van der Waals surface area contributed by atoms with Crippen molar-refractivity contribution < 1.29 is 9.85 Å². The Bertz CT molecular complexity index is 519. The largest absolute Gasteiger partial charge is 0.346 e. The molecule has 7 heteroatoms. The summed E-state index contributed by atoms with van der Waals surface area (Å²) in [6.07, 6.45) is 1.97. The van der Waals surface area contributed by atoms with E-state index in [0.717, 1.165) is 37.1 Å². The van der Waals surface area contributed by atoms with Crippen molar-refractivity contribution in [1.82, 2.24) is 5.32 Å². The van der Waals surface area contributed by atoms with Gasteiger partial charge < -0.3 is 5.32 Å².